The van der Waals surface area contributed by atoms with Crippen LogP contribution < -0.4 is 0 Å². The first-order valence-corrected chi connectivity index (χ1v) is 11.7. The molecule has 3 unspecified atom stereocenters. The third kappa shape index (κ3) is 6.08. The van der Waals surface area contributed by atoms with Gasteiger partial charge >= 0.3 is 0 Å². The molecule has 2 fully saturated rings. The first kappa shape index (κ1) is 22.4. The molecule has 0 radical (unpaired) electrons. The van der Waals surface area contributed by atoms with Crippen molar-refractivity contribution in [2.24, 2.45) is 11.8 Å². The smallest absolute Gasteiger partial charge is 0.245 e. The fourth-order valence-electron chi connectivity index (χ4n) is 5.33. The van der Waals surface area contributed by atoms with Crippen molar-refractivity contribution in [2.45, 2.75) is 70.9 Å². The Bertz CT molecular complexity index is 599. The lowest BCUT2D eigenvalue weighted by atomic mass is 9.83. The molecule has 1 aromatic rings. The number of piperidine rings is 2. The van der Waals surface area contributed by atoms with Gasteiger partial charge in [0.2, 0.25) is 5.91 Å². The molecule has 3 heterocycles. The van der Waals surface area contributed by atoms with Crippen LogP contribution in [0.5, 0.6) is 0 Å². The number of methoxy groups -OCH3 is 1. The number of carbonyl (C=O) groups is 1. The van der Waals surface area contributed by atoms with Gasteiger partial charge in [-0.15, -0.1) is 0 Å². The number of amides is 1. The van der Waals surface area contributed by atoms with Crippen LogP contribution in [0.3, 0.4) is 0 Å². The number of nitrogens with zero attached hydrogens (tertiary/aromatic N) is 3. The molecule has 3 rings (SSSR count). The number of carbonyl (C=O) groups excluding carboxylic acids is 1. The summed E-state index contributed by atoms with van der Waals surface area (Å²) in [4.78, 5) is 18.6. The summed E-state index contributed by atoms with van der Waals surface area (Å²) in [6.45, 7) is 9.32. The SMILES string of the molecule is COCCCN(CC1CCCN2CCCCC12)C(=O)C(CC(C)C)n1cccc1. The van der Waals surface area contributed by atoms with Crippen molar-refractivity contribution in [3.63, 3.8) is 0 Å². The topological polar surface area (TPSA) is 37.7 Å². The molecule has 2 aliphatic rings. The van der Waals surface area contributed by atoms with E-state index in [9.17, 15) is 4.79 Å². The molecular formula is C24H41N3O2. The number of hydrogen-bond donors (Lipinski definition) is 0. The Morgan fingerprint density at radius 3 is 2.62 bits per heavy atom. The summed E-state index contributed by atoms with van der Waals surface area (Å²) in [7, 11) is 1.74. The van der Waals surface area contributed by atoms with Crippen LogP contribution >= 0.6 is 0 Å². The summed E-state index contributed by atoms with van der Waals surface area (Å²) < 4.78 is 7.40. The maximum Gasteiger partial charge on any atom is 0.245 e. The second-order valence-corrected chi connectivity index (χ2v) is 9.41. The minimum Gasteiger partial charge on any atom is -0.385 e. The summed E-state index contributed by atoms with van der Waals surface area (Å²) in [5.74, 6) is 1.38. The predicted molar refractivity (Wildman–Crippen MR) is 118 cm³/mol. The second-order valence-electron chi connectivity index (χ2n) is 9.41. The Hall–Kier alpha value is -1.33. The molecule has 2 saturated heterocycles. The van der Waals surface area contributed by atoms with Gasteiger partial charge in [0.25, 0.3) is 0 Å². The van der Waals surface area contributed by atoms with E-state index in [0.29, 0.717) is 30.4 Å². The molecule has 164 valence electrons. The van der Waals surface area contributed by atoms with E-state index >= 15 is 0 Å². The normalized spacial score (nSPS) is 23.7. The van der Waals surface area contributed by atoms with Crippen molar-refractivity contribution in [1.82, 2.24) is 14.4 Å². The largest absolute Gasteiger partial charge is 0.385 e. The van der Waals surface area contributed by atoms with Crippen molar-refractivity contribution in [3.8, 4) is 0 Å². The van der Waals surface area contributed by atoms with Crippen LogP contribution in [0.25, 0.3) is 0 Å². The van der Waals surface area contributed by atoms with Gasteiger partial charge < -0.3 is 19.1 Å². The van der Waals surface area contributed by atoms with Gasteiger partial charge in [0, 0.05) is 45.2 Å². The van der Waals surface area contributed by atoms with Crippen molar-refractivity contribution >= 4 is 5.91 Å². The van der Waals surface area contributed by atoms with Crippen LogP contribution in [0.1, 0.15) is 64.8 Å². The average Bonchev–Trinajstić information content (AvgIpc) is 3.25. The Morgan fingerprint density at radius 2 is 1.90 bits per heavy atom. The maximum absolute atomic E-state index is 13.8. The number of fused-ring (bicyclic) bond motifs is 1. The van der Waals surface area contributed by atoms with Gasteiger partial charge in [-0.05, 0) is 75.6 Å². The summed E-state index contributed by atoms with van der Waals surface area (Å²) in [5, 5.41) is 0. The molecule has 0 aromatic carbocycles. The predicted octanol–water partition coefficient (Wildman–Crippen LogP) is 4.20. The Balaban J connectivity index is 1.74. The van der Waals surface area contributed by atoms with Crippen molar-refractivity contribution < 1.29 is 9.53 Å². The average molecular weight is 404 g/mol. The molecule has 3 atom stereocenters. The van der Waals surface area contributed by atoms with E-state index in [0.717, 1.165) is 25.9 Å². The van der Waals surface area contributed by atoms with Crippen LogP contribution in [-0.4, -0.2) is 66.2 Å². The van der Waals surface area contributed by atoms with Crippen LogP contribution in [0, 0.1) is 11.8 Å². The van der Waals surface area contributed by atoms with Crippen LogP contribution in [0.15, 0.2) is 24.5 Å². The Labute approximate surface area is 177 Å². The highest BCUT2D eigenvalue weighted by Crippen LogP contribution is 2.32. The third-order valence-corrected chi connectivity index (χ3v) is 6.74. The fraction of sp³-hybridized carbons (Fsp3) is 0.792. The molecule has 0 saturated carbocycles. The van der Waals surface area contributed by atoms with Crippen LogP contribution in [0.2, 0.25) is 0 Å². The van der Waals surface area contributed by atoms with Gasteiger partial charge in [0.05, 0.1) is 0 Å². The van der Waals surface area contributed by atoms with Gasteiger partial charge in [-0.3, -0.25) is 4.79 Å². The lowest BCUT2D eigenvalue weighted by Gasteiger charge is -2.46. The molecule has 1 amide bonds. The number of aromatic nitrogens is 1. The first-order chi connectivity index (χ1) is 14.1. The summed E-state index contributed by atoms with van der Waals surface area (Å²) >= 11 is 0. The Kier molecular flexibility index (Phi) is 8.61. The van der Waals surface area contributed by atoms with Gasteiger partial charge in [-0.2, -0.15) is 0 Å². The molecule has 0 aliphatic carbocycles. The van der Waals surface area contributed by atoms with E-state index in [1.54, 1.807) is 7.11 Å². The molecule has 0 bridgehead atoms. The molecular weight excluding hydrogens is 362 g/mol. The fourth-order valence-corrected chi connectivity index (χ4v) is 5.33. The number of rotatable bonds is 10. The van der Waals surface area contributed by atoms with Crippen molar-refractivity contribution in [3.05, 3.63) is 24.5 Å². The summed E-state index contributed by atoms with van der Waals surface area (Å²) in [5.41, 5.74) is 0. The zero-order chi connectivity index (χ0) is 20.6. The van der Waals surface area contributed by atoms with Crippen LogP contribution in [-0.2, 0) is 9.53 Å². The van der Waals surface area contributed by atoms with Crippen molar-refractivity contribution in [2.75, 3.05) is 39.9 Å². The quantitative estimate of drug-likeness (QED) is 0.549. The van der Waals surface area contributed by atoms with E-state index in [2.05, 4.69) is 28.2 Å². The van der Waals surface area contributed by atoms with Gasteiger partial charge in [-0.1, -0.05) is 20.3 Å². The lowest BCUT2D eigenvalue weighted by molar-refractivity contribution is -0.137. The highest BCUT2D eigenvalue weighted by molar-refractivity contribution is 5.80. The van der Waals surface area contributed by atoms with E-state index in [-0.39, 0.29) is 6.04 Å². The minimum absolute atomic E-state index is 0.0985. The van der Waals surface area contributed by atoms with Gasteiger partial charge in [0.15, 0.2) is 0 Å². The van der Waals surface area contributed by atoms with Gasteiger partial charge in [0.1, 0.15) is 6.04 Å². The zero-order valence-corrected chi connectivity index (χ0v) is 18.8. The van der Waals surface area contributed by atoms with Gasteiger partial charge in [-0.25, -0.2) is 0 Å². The molecule has 2 aliphatic heterocycles. The number of ether oxygens (including phenoxy) is 1. The highest BCUT2D eigenvalue weighted by atomic mass is 16.5. The van der Waals surface area contributed by atoms with E-state index in [1.807, 2.05) is 24.5 Å². The molecule has 29 heavy (non-hydrogen) atoms. The monoisotopic (exact) mass is 403 g/mol. The standard InChI is InChI=1S/C24H41N3O2/c1-20(2)18-23(26-13-6-7-14-26)24(28)27(16-9-17-29-3)19-21-10-8-15-25-12-5-4-11-22(21)25/h6-7,13-14,20-23H,4-5,8-12,15-19H2,1-3H3. The van der Waals surface area contributed by atoms with E-state index in [4.69, 9.17) is 4.74 Å². The third-order valence-electron chi connectivity index (χ3n) is 6.74. The lowest BCUT2D eigenvalue weighted by Crippen LogP contribution is -2.52. The van der Waals surface area contributed by atoms with Crippen LogP contribution in [0.4, 0.5) is 0 Å². The molecule has 0 N–H and O–H groups in total. The van der Waals surface area contributed by atoms with E-state index < -0.39 is 0 Å². The first-order valence-electron chi connectivity index (χ1n) is 11.7. The molecule has 1 aromatic heterocycles. The maximum atomic E-state index is 13.8. The highest BCUT2D eigenvalue weighted by Gasteiger charge is 2.36. The molecule has 0 spiro atoms. The molecule has 5 nitrogen and oxygen atoms in total. The minimum atomic E-state index is -0.0985. The summed E-state index contributed by atoms with van der Waals surface area (Å²) in [6, 6.07) is 4.62. The zero-order valence-electron chi connectivity index (χ0n) is 18.8. The van der Waals surface area contributed by atoms with Crippen molar-refractivity contribution in [1.29, 1.82) is 0 Å². The Morgan fingerprint density at radius 1 is 1.14 bits per heavy atom. The second kappa shape index (κ2) is 11.2. The molecule has 5 heteroatoms. The summed E-state index contributed by atoms with van der Waals surface area (Å²) in [6.07, 6.45) is 12.4. The number of hydrogen-bond acceptors (Lipinski definition) is 3. The van der Waals surface area contributed by atoms with E-state index in [1.165, 1.54) is 45.2 Å².